The zero-order valence-corrected chi connectivity index (χ0v) is 18.2. The van der Waals surface area contributed by atoms with E-state index < -0.39 is 0 Å². The number of hydrogen-bond donors (Lipinski definition) is 0. The molecule has 0 spiro atoms. The Kier molecular flexibility index (Phi) is 5.71. The molecule has 1 fully saturated rings. The van der Waals surface area contributed by atoms with Gasteiger partial charge in [-0.2, -0.15) is 0 Å². The molecule has 7 heteroatoms. The molecule has 0 saturated carbocycles. The number of carbonyl (C=O) groups is 1. The van der Waals surface area contributed by atoms with Gasteiger partial charge in [0.05, 0.1) is 15.8 Å². The van der Waals surface area contributed by atoms with Crippen molar-refractivity contribution in [1.82, 2.24) is 9.88 Å². The molecule has 1 saturated heterocycles. The Labute approximate surface area is 175 Å². The molecule has 1 aliphatic rings. The van der Waals surface area contributed by atoms with E-state index in [-0.39, 0.29) is 5.91 Å². The number of fused-ring (bicyclic) bond motifs is 1. The Bertz CT molecular complexity index is 967. The fraction of sp³-hybridized carbons (Fsp3) is 0.300. The first-order chi connectivity index (χ1) is 13.2. The van der Waals surface area contributed by atoms with Crippen LogP contribution in [0.5, 0.6) is 0 Å². The van der Waals surface area contributed by atoms with Crippen LogP contribution in [0, 0.1) is 0 Å². The van der Waals surface area contributed by atoms with E-state index in [1.807, 2.05) is 41.3 Å². The maximum absolute atomic E-state index is 13.0. The van der Waals surface area contributed by atoms with E-state index in [1.54, 1.807) is 23.1 Å². The predicted octanol–water partition coefficient (Wildman–Crippen LogP) is 5.13. The number of anilines is 1. The topological polar surface area (TPSA) is 36.4 Å². The van der Waals surface area contributed by atoms with Crippen LogP contribution in [0.1, 0.15) is 17.3 Å². The summed E-state index contributed by atoms with van der Waals surface area (Å²) < 4.78 is 2.26. The molecule has 4 nitrogen and oxygen atoms in total. The standard InChI is InChI=1S/C20H20BrN3OS2/c1-2-26-17-6-4-3-5-15(17)19(25)23-9-11-24(12-10-23)20-22-16-8-7-14(21)13-18(16)27-20/h3-8,13H,2,9-12H2,1H3. The van der Waals surface area contributed by atoms with Gasteiger partial charge in [0.1, 0.15) is 0 Å². The van der Waals surface area contributed by atoms with E-state index >= 15 is 0 Å². The average molecular weight is 462 g/mol. The third-order valence-electron chi connectivity index (χ3n) is 4.59. The molecule has 0 atom stereocenters. The van der Waals surface area contributed by atoms with Gasteiger partial charge in [0.15, 0.2) is 5.13 Å². The highest BCUT2D eigenvalue weighted by Gasteiger charge is 2.25. The molecule has 3 aromatic rings. The van der Waals surface area contributed by atoms with Gasteiger partial charge in [-0.3, -0.25) is 4.79 Å². The normalized spacial score (nSPS) is 14.7. The van der Waals surface area contributed by atoms with E-state index in [0.29, 0.717) is 0 Å². The van der Waals surface area contributed by atoms with Crippen molar-refractivity contribution < 1.29 is 4.79 Å². The molecule has 1 aromatic heterocycles. The van der Waals surface area contributed by atoms with Gasteiger partial charge < -0.3 is 9.80 Å². The maximum Gasteiger partial charge on any atom is 0.255 e. The highest BCUT2D eigenvalue weighted by atomic mass is 79.9. The summed E-state index contributed by atoms with van der Waals surface area (Å²) >= 11 is 6.96. The zero-order chi connectivity index (χ0) is 18.8. The van der Waals surface area contributed by atoms with Gasteiger partial charge in [-0.1, -0.05) is 46.3 Å². The fourth-order valence-corrected chi connectivity index (χ4v) is 5.58. The number of rotatable bonds is 4. The third kappa shape index (κ3) is 4.00. The summed E-state index contributed by atoms with van der Waals surface area (Å²) in [5.41, 5.74) is 1.85. The summed E-state index contributed by atoms with van der Waals surface area (Å²) in [6, 6.07) is 14.1. The minimum Gasteiger partial charge on any atom is -0.345 e. The number of benzene rings is 2. The lowest BCUT2D eigenvalue weighted by molar-refractivity contribution is 0.0743. The van der Waals surface area contributed by atoms with E-state index in [4.69, 9.17) is 4.98 Å². The molecule has 0 aliphatic carbocycles. The highest BCUT2D eigenvalue weighted by molar-refractivity contribution is 9.10. The number of amides is 1. The summed E-state index contributed by atoms with van der Waals surface area (Å²) in [6.45, 7) is 5.19. The smallest absolute Gasteiger partial charge is 0.255 e. The molecule has 1 aliphatic heterocycles. The van der Waals surface area contributed by atoms with Crippen LogP contribution in [0.3, 0.4) is 0 Å². The van der Waals surface area contributed by atoms with Gasteiger partial charge in [0.2, 0.25) is 0 Å². The summed E-state index contributed by atoms with van der Waals surface area (Å²) in [6.07, 6.45) is 0. The molecule has 0 radical (unpaired) electrons. The number of halogens is 1. The first kappa shape index (κ1) is 18.8. The van der Waals surface area contributed by atoms with Crippen molar-refractivity contribution in [3.63, 3.8) is 0 Å². The van der Waals surface area contributed by atoms with E-state index in [0.717, 1.165) is 57.5 Å². The number of thiazole rings is 1. The monoisotopic (exact) mass is 461 g/mol. The van der Waals surface area contributed by atoms with E-state index in [2.05, 4.69) is 33.8 Å². The number of nitrogens with zero attached hydrogens (tertiary/aromatic N) is 3. The molecule has 0 bridgehead atoms. The zero-order valence-electron chi connectivity index (χ0n) is 15.0. The van der Waals surface area contributed by atoms with Crippen molar-refractivity contribution in [2.75, 3.05) is 36.8 Å². The van der Waals surface area contributed by atoms with E-state index in [1.165, 1.54) is 4.70 Å². The van der Waals surface area contributed by atoms with Crippen LogP contribution in [-0.2, 0) is 0 Å². The Balaban J connectivity index is 1.46. The maximum atomic E-state index is 13.0. The SMILES string of the molecule is CCSc1ccccc1C(=O)N1CCN(c2nc3ccc(Br)cc3s2)CC1. The predicted molar refractivity (Wildman–Crippen MR) is 118 cm³/mol. The molecule has 0 N–H and O–H groups in total. The molecule has 0 unspecified atom stereocenters. The van der Waals surface area contributed by atoms with Gasteiger partial charge >= 0.3 is 0 Å². The largest absolute Gasteiger partial charge is 0.345 e. The third-order valence-corrected chi connectivity index (χ3v) is 7.12. The lowest BCUT2D eigenvalue weighted by atomic mass is 10.2. The molecular formula is C20H20BrN3OS2. The lowest BCUT2D eigenvalue weighted by Crippen LogP contribution is -2.48. The number of thioether (sulfide) groups is 1. The Morgan fingerprint density at radius 3 is 2.74 bits per heavy atom. The van der Waals surface area contributed by atoms with Crippen molar-refractivity contribution in [2.45, 2.75) is 11.8 Å². The van der Waals surface area contributed by atoms with Crippen LogP contribution < -0.4 is 4.90 Å². The van der Waals surface area contributed by atoms with Gasteiger partial charge in [0.25, 0.3) is 5.91 Å². The second-order valence-electron chi connectivity index (χ2n) is 6.32. The first-order valence-corrected chi connectivity index (χ1v) is 11.6. The van der Waals surface area contributed by atoms with Crippen molar-refractivity contribution in [3.8, 4) is 0 Å². The number of aromatic nitrogens is 1. The Morgan fingerprint density at radius 2 is 1.96 bits per heavy atom. The molecular weight excluding hydrogens is 442 g/mol. The summed E-state index contributed by atoms with van der Waals surface area (Å²) in [4.78, 5) is 23.1. The second-order valence-corrected chi connectivity index (χ2v) is 9.55. The molecule has 1 amide bonds. The molecule has 2 aromatic carbocycles. The van der Waals surface area contributed by atoms with Gasteiger partial charge in [-0.15, -0.1) is 11.8 Å². The lowest BCUT2D eigenvalue weighted by Gasteiger charge is -2.34. The summed E-state index contributed by atoms with van der Waals surface area (Å²) in [5, 5.41) is 1.04. The van der Waals surface area contributed by atoms with Crippen molar-refractivity contribution >= 4 is 60.3 Å². The molecule has 4 rings (SSSR count). The van der Waals surface area contributed by atoms with Crippen molar-refractivity contribution in [2.24, 2.45) is 0 Å². The van der Waals surface area contributed by atoms with Crippen LogP contribution >= 0.6 is 39.0 Å². The quantitative estimate of drug-likeness (QED) is 0.504. The van der Waals surface area contributed by atoms with Crippen LogP contribution in [0.25, 0.3) is 10.2 Å². The summed E-state index contributed by atoms with van der Waals surface area (Å²) in [7, 11) is 0. The van der Waals surface area contributed by atoms with Crippen LogP contribution in [0.4, 0.5) is 5.13 Å². The van der Waals surface area contributed by atoms with Crippen molar-refractivity contribution in [1.29, 1.82) is 0 Å². The van der Waals surface area contributed by atoms with Crippen LogP contribution in [0.15, 0.2) is 51.8 Å². The van der Waals surface area contributed by atoms with Crippen molar-refractivity contribution in [3.05, 3.63) is 52.5 Å². The molecule has 27 heavy (non-hydrogen) atoms. The number of hydrogen-bond acceptors (Lipinski definition) is 5. The van der Waals surface area contributed by atoms with Gasteiger partial charge in [-0.25, -0.2) is 4.98 Å². The van der Waals surface area contributed by atoms with Crippen LogP contribution in [-0.4, -0.2) is 47.7 Å². The Hall–Kier alpha value is -1.57. The highest BCUT2D eigenvalue weighted by Crippen LogP contribution is 2.31. The van der Waals surface area contributed by atoms with E-state index in [9.17, 15) is 4.79 Å². The molecule has 140 valence electrons. The average Bonchev–Trinajstić information content (AvgIpc) is 3.11. The van der Waals surface area contributed by atoms with Gasteiger partial charge in [0, 0.05) is 35.5 Å². The number of carbonyl (C=O) groups excluding carboxylic acids is 1. The Morgan fingerprint density at radius 1 is 1.19 bits per heavy atom. The minimum atomic E-state index is 0.138. The van der Waals surface area contributed by atoms with Crippen LogP contribution in [0.2, 0.25) is 0 Å². The van der Waals surface area contributed by atoms with Gasteiger partial charge in [-0.05, 0) is 36.1 Å². The minimum absolute atomic E-state index is 0.138. The summed E-state index contributed by atoms with van der Waals surface area (Å²) in [5.74, 6) is 1.10. The second kappa shape index (κ2) is 8.20. The molecule has 2 heterocycles. The fourth-order valence-electron chi connectivity index (χ4n) is 3.22. The first-order valence-electron chi connectivity index (χ1n) is 8.98. The number of piperazine rings is 1.